The molecule has 1 aliphatic rings. The van der Waals surface area contributed by atoms with Crippen molar-refractivity contribution in [3.63, 3.8) is 0 Å². The summed E-state index contributed by atoms with van der Waals surface area (Å²) in [6.45, 7) is 3.10. The van der Waals surface area contributed by atoms with Crippen LogP contribution in [0.2, 0.25) is 5.02 Å². The van der Waals surface area contributed by atoms with Gasteiger partial charge in [0, 0.05) is 32.2 Å². The van der Waals surface area contributed by atoms with Crippen molar-refractivity contribution in [3.05, 3.63) is 23.2 Å². The van der Waals surface area contributed by atoms with Gasteiger partial charge in [0.2, 0.25) is 0 Å². The molecule has 1 aromatic rings. The largest absolute Gasteiger partial charge is 0.497 e. The van der Waals surface area contributed by atoms with Gasteiger partial charge in [0.1, 0.15) is 11.5 Å². The molecule has 0 spiro atoms. The Morgan fingerprint density at radius 2 is 2.16 bits per heavy atom. The number of ether oxygens (including phenoxy) is 2. The smallest absolute Gasteiger partial charge is 0.260 e. The molecule has 1 saturated heterocycles. The summed E-state index contributed by atoms with van der Waals surface area (Å²) in [7, 11) is 1.57. The van der Waals surface area contributed by atoms with Crippen LogP contribution < -0.4 is 14.8 Å². The van der Waals surface area contributed by atoms with Gasteiger partial charge in [-0.25, -0.2) is 0 Å². The maximum Gasteiger partial charge on any atom is 0.260 e. The van der Waals surface area contributed by atoms with Crippen molar-refractivity contribution in [2.45, 2.75) is 0 Å². The minimum absolute atomic E-state index is 0.00600. The fourth-order valence-electron chi connectivity index (χ4n) is 1.87. The van der Waals surface area contributed by atoms with Crippen molar-refractivity contribution in [1.29, 1.82) is 0 Å². The zero-order valence-corrected chi connectivity index (χ0v) is 11.6. The molecule has 0 bridgehead atoms. The molecule has 0 aromatic heterocycles. The van der Waals surface area contributed by atoms with E-state index in [1.807, 2.05) is 0 Å². The van der Waals surface area contributed by atoms with Crippen LogP contribution >= 0.6 is 11.6 Å². The molecule has 0 atom stereocenters. The van der Waals surface area contributed by atoms with Crippen LogP contribution in [0.5, 0.6) is 11.5 Å². The molecule has 19 heavy (non-hydrogen) atoms. The first-order valence-electron chi connectivity index (χ1n) is 6.15. The van der Waals surface area contributed by atoms with Crippen molar-refractivity contribution < 1.29 is 14.3 Å². The fraction of sp³-hybridized carbons (Fsp3) is 0.462. The molecule has 104 valence electrons. The van der Waals surface area contributed by atoms with Crippen LogP contribution in [0.4, 0.5) is 0 Å². The van der Waals surface area contributed by atoms with Crippen LogP contribution in [-0.2, 0) is 4.79 Å². The van der Waals surface area contributed by atoms with E-state index in [1.165, 1.54) is 0 Å². The monoisotopic (exact) mass is 284 g/mol. The van der Waals surface area contributed by atoms with Crippen LogP contribution in [0.15, 0.2) is 18.2 Å². The summed E-state index contributed by atoms with van der Waals surface area (Å²) < 4.78 is 10.5. The van der Waals surface area contributed by atoms with Crippen LogP contribution in [0.1, 0.15) is 0 Å². The van der Waals surface area contributed by atoms with Crippen LogP contribution in [-0.4, -0.2) is 50.7 Å². The van der Waals surface area contributed by atoms with Crippen molar-refractivity contribution in [2.24, 2.45) is 0 Å². The Balaban J connectivity index is 1.89. The first-order chi connectivity index (χ1) is 9.20. The normalized spacial score (nSPS) is 15.2. The van der Waals surface area contributed by atoms with E-state index in [0.717, 1.165) is 26.2 Å². The molecular formula is C13H17ClN2O3. The fourth-order valence-corrected chi connectivity index (χ4v) is 2.10. The van der Waals surface area contributed by atoms with E-state index in [1.54, 1.807) is 30.2 Å². The zero-order valence-electron chi connectivity index (χ0n) is 10.8. The predicted octanol–water partition coefficient (Wildman–Crippen LogP) is 1.16. The lowest BCUT2D eigenvalue weighted by molar-refractivity contribution is -0.133. The Labute approximate surface area is 117 Å². The van der Waals surface area contributed by atoms with Gasteiger partial charge < -0.3 is 19.7 Å². The molecule has 1 aromatic carbocycles. The number of carbonyl (C=O) groups is 1. The number of piperazine rings is 1. The minimum Gasteiger partial charge on any atom is -0.497 e. The molecular weight excluding hydrogens is 268 g/mol. The third kappa shape index (κ3) is 3.75. The number of nitrogens with one attached hydrogen (secondary N) is 1. The Kier molecular flexibility index (Phi) is 4.87. The summed E-state index contributed by atoms with van der Waals surface area (Å²) in [6, 6.07) is 5.11. The van der Waals surface area contributed by atoms with Crippen molar-refractivity contribution in [3.8, 4) is 11.5 Å². The van der Waals surface area contributed by atoms with Gasteiger partial charge in [-0.05, 0) is 12.1 Å². The molecule has 1 aliphatic heterocycles. The van der Waals surface area contributed by atoms with E-state index in [0.29, 0.717) is 16.5 Å². The van der Waals surface area contributed by atoms with Gasteiger partial charge in [0.15, 0.2) is 6.61 Å². The highest BCUT2D eigenvalue weighted by Crippen LogP contribution is 2.28. The van der Waals surface area contributed by atoms with Crippen LogP contribution in [0.25, 0.3) is 0 Å². The van der Waals surface area contributed by atoms with Gasteiger partial charge in [-0.3, -0.25) is 4.79 Å². The summed E-state index contributed by atoms with van der Waals surface area (Å²) in [6.07, 6.45) is 0. The van der Waals surface area contributed by atoms with Gasteiger partial charge in [-0.15, -0.1) is 0 Å². The zero-order chi connectivity index (χ0) is 13.7. The summed E-state index contributed by atoms with van der Waals surface area (Å²) in [5.41, 5.74) is 0. The molecule has 1 heterocycles. The third-order valence-electron chi connectivity index (χ3n) is 2.96. The van der Waals surface area contributed by atoms with Gasteiger partial charge in [-0.1, -0.05) is 11.6 Å². The molecule has 6 heteroatoms. The highest BCUT2D eigenvalue weighted by molar-refractivity contribution is 6.32. The lowest BCUT2D eigenvalue weighted by atomic mass is 10.3. The molecule has 1 N–H and O–H groups in total. The number of hydrogen-bond donors (Lipinski definition) is 1. The highest BCUT2D eigenvalue weighted by atomic mass is 35.5. The lowest BCUT2D eigenvalue weighted by Gasteiger charge is -2.27. The number of nitrogens with zero attached hydrogens (tertiary/aromatic N) is 1. The molecule has 0 unspecified atom stereocenters. The number of hydrogen-bond acceptors (Lipinski definition) is 4. The third-order valence-corrected chi connectivity index (χ3v) is 3.26. The molecule has 1 fully saturated rings. The molecule has 1 amide bonds. The maximum absolute atomic E-state index is 11.9. The van der Waals surface area contributed by atoms with Gasteiger partial charge in [0.05, 0.1) is 12.1 Å². The average molecular weight is 285 g/mol. The maximum atomic E-state index is 11.9. The molecule has 0 aliphatic carbocycles. The van der Waals surface area contributed by atoms with Crippen molar-refractivity contribution >= 4 is 17.5 Å². The summed E-state index contributed by atoms with van der Waals surface area (Å²) >= 11 is 6.04. The summed E-state index contributed by atoms with van der Waals surface area (Å²) in [5, 5.41) is 3.63. The van der Waals surface area contributed by atoms with Crippen LogP contribution in [0.3, 0.4) is 0 Å². The Morgan fingerprint density at radius 1 is 1.42 bits per heavy atom. The Morgan fingerprint density at radius 3 is 2.79 bits per heavy atom. The molecule has 0 saturated carbocycles. The first-order valence-corrected chi connectivity index (χ1v) is 6.53. The second kappa shape index (κ2) is 6.63. The Bertz CT molecular complexity index is 448. The molecule has 2 rings (SSSR count). The van der Waals surface area contributed by atoms with E-state index in [2.05, 4.69) is 5.32 Å². The quantitative estimate of drug-likeness (QED) is 0.901. The van der Waals surface area contributed by atoms with Crippen LogP contribution in [0, 0.1) is 0 Å². The standard InChI is InChI=1S/C13H17ClN2O3/c1-18-10-2-3-12(11(14)8-10)19-9-13(17)16-6-4-15-5-7-16/h2-3,8,15H,4-7,9H2,1H3. The second-order valence-electron chi connectivity index (χ2n) is 4.22. The topological polar surface area (TPSA) is 50.8 Å². The van der Waals surface area contributed by atoms with E-state index >= 15 is 0 Å². The number of rotatable bonds is 4. The SMILES string of the molecule is COc1ccc(OCC(=O)N2CCNCC2)c(Cl)c1. The summed E-state index contributed by atoms with van der Waals surface area (Å²) in [5.74, 6) is 1.13. The number of amides is 1. The van der Waals surface area contributed by atoms with Crippen molar-refractivity contribution in [2.75, 3.05) is 39.9 Å². The number of methoxy groups -OCH3 is 1. The number of carbonyl (C=O) groups excluding carboxylic acids is 1. The average Bonchev–Trinajstić information content (AvgIpc) is 2.46. The molecule has 0 radical (unpaired) electrons. The van der Waals surface area contributed by atoms with E-state index in [4.69, 9.17) is 21.1 Å². The van der Waals surface area contributed by atoms with E-state index in [9.17, 15) is 4.79 Å². The van der Waals surface area contributed by atoms with Gasteiger partial charge in [-0.2, -0.15) is 0 Å². The first kappa shape index (κ1) is 14.0. The second-order valence-corrected chi connectivity index (χ2v) is 4.62. The van der Waals surface area contributed by atoms with Gasteiger partial charge >= 0.3 is 0 Å². The van der Waals surface area contributed by atoms with Gasteiger partial charge in [0.25, 0.3) is 5.91 Å². The van der Waals surface area contributed by atoms with E-state index < -0.39 is 0 Å². The van der Waals surface area contributed by atoms with E-state index in [-0.39, 0.29) is 12.5 Å². The molecule has 5 nitrogen and oxygen atoms in total. The summed E-state index contributed by atoms with van der Waals surface area (Å²) in [4.78, 5) is 13.7. The lowest BCUT2D eigenvalue weighted by Crippen LogP contribution is -2.47. The Hall–Kier alpha value is -1.46. The van der Waals surface area contributed by atoms with Crippen molar-refractivity contribution in [1.82, 2.24) is 10.2 Å². The number of benzene rings is 1. The minimum atomic E-state index is -0.0200. The highest BCUT2D eigenvalue weighted by Gasteiger charge is 2.17. The number of halogens is 1. The predicted molar refractivity (Wildman–Crippen MR) is 72.9 cm³/mol.